The standard InChI is InChI=1S/C24H30ClF3N4O2/c1-3-31(4-2)13-14-34-20-7-5-19(6-8-20)30-23(33)17-9-11-32(12-10-17)22-21(25)15-18(16-29-22)24(26,27)28/h5-8,15-17H,3-4,9-14H2,1-2H3,(H,30,33). The molecule has 3 rings (SSSR count). The minimum atomic E-state index is -4.49. The molecular formula is C24H30ClF3N4O2. The first-order chi connectivity index (χ1) is 16.2. The quantitative estimate of drug-likeness (QED) is 0.506. The van der Waals surface area contributed by atoms with Crippen molar-refractivity contribution in [3.05, 3.63) is 47.1 Å². The van der Waals surface area contributed by atoms with Crippen molar-refractivity contribution in [2.75, 3.05) is 49.5 Å². The van der Waals surface area contributed by atoms with E-state index in [0.717, 1.165) is 37.6 Å². The zero-order chi connectivity index (χ0) is 24.7. The number of aromatic nitrogens is 1. The van der Waals surface area contributed by atoms with Gasteiger partial charge < -0.3 is 19.9 Å². The van der Waals surface area contributed by atoms with E-state index in [1.165, 1.54) is 0 Å². The fourth-order valence-corrected chi connectivity index (χ4v) is 4.17. The Labute approximate surface area is 203 Å². The summed E-state index contributed by atoms with van der Waals surface area (Å²) in [7, 11) is 0. The van der Waals surface area contributed by atoms with Gasteiger partial charge in [-0.15, -0.1) is 0 Å². The summed E-state index contributed by atoms with van der Waals surface area (Å²) in [5.74, 6) is 0.778. The SMILES string of the molecule is CCN(CC)CCOc1ccc(NC(=O)C2CCN(c3ncc(C(F)(F)F)cc3Cl)CC2)cc1. The van der Waals surface area contributed by atoms with E-state index >= 15 is 0 Å². The van der Waals surface area contributed by atoms with Crippen LogP contribution < -0.4 is 15.0 Å². The highest BCUT2D eigenvalue weighted by molar-refractivity contribution is 6.33. The topological polar surface area (TPSA) is 57.7 Å². The van der Waals surface area contributed by atoms with Gasteiger partial charge in [-0.25, -0.2) is 4.98 Å². The highest BCUT2D eigenvalue weighted by Gasteiger charge is 2.33. The highest BCUT2D eigenvalue weighted by Crippen LogP contribution is 2.34. The number of carbonyl (C=O) groups is 1. The van der Waals surface area contributed by atoms with Gasteiger partial charge in [-0.2, -0.15) is 13.2 Å². The molecule has 6 nitrogen and oxygen atoms in total. The molecule has 0 radical (unpaired) electrons. The number of likely N-dealkylation sites (N-methyl/N-ethyl adjacent to an activating group) is 1. The van der Waals surface area contributed by atoms with Crippen LogP contribution in [-0.2, 0) is 11.0 Å². The van der Waals surface area contributed by atoms with Crippen LogP contribution in [-0.4, -0.2) is 55.1 Å². The number of amides is 1. The predicted molar refractivity (Wildman–Crippen MR) is 128 cm³/mol. The van der Waals surface area contributed by atoms with Crippen LogP contribution in [0.5, 0.6) is 5.75 Å². The van der Waals surface area contributed by atoms with Gasteiger partial charge in [0.15, 0.2) is 0 Å². The number of rotatable bonds is 9. The zero-order valence-corrected chi connectivity index (χ0v) is 20.1. The Bertz CT molecular complexity index is 944. The second-order valence-corrected chi connectivity index (χ2v) is 8.58. The number of anilines is 2. The molecule has 1 aromatic carbocycles. The van der Waals surface area contributed by atoms with Crippen molar-refractivity contribution in [3.8, 4) is 5.75 Å². The summed E-state index contributed by atoms with van der Waals surface area (Å²) in [5.41, 5.74) is -0.188. The fraction of sp³-hybridized carbons (Fsp3) is 0.500. The average molecular weight is 499 g/mol. The van der Waals surface area contributed by atoms with Crippen molar-refractivity contribution in [1.82, 2.24) is 9.88 Å². The molecule has 1 N–H and O–H groups in total. The van der Waals surface area contributed by atoms with Gasteiger partial charge in [0, 0.05) is 37.4 Å². The Morgan fingerprint density at radius 3 is 2.41 bits per heavy atom. The van der Waals surface area contributed by atoms with Crippen LogP contribution in [0.2, 0.25) is 5.02 Å². The second-order valence-electron chi connectivity index (χ2n) is 8.18. The largest absolute Gasteiger partial charge is 0.492 e. The van der Waals surface area contributed by atoms with Crippen LogP contribution in [0.3, 0.4) is 0 Å². The van der Waals surface area contributed by atoms with Gasteiger partial charge in [-0.05, 0) is 56.3 Å². The van der Waals surface area contributed by atoms with Crippen molar-refractivity contribution >= 4 is 29.0 Å². The third kappa shape index (κ3) is 6.99. The number of ether oxygens (including phenoxy) is 1. The summed E-state index contributed by atoms with van der Waals surface area (Å²) in [4.78, 5) is 20.7. The Balaban J connectivity index is 1.47. The second kappa shape index (κ2) is 11.8. The zero-order valence-electron chi connectivity index (χ0n) is 19.4. The molecule has 1 amide bonds. The lowest BCUT2D eigenvalue weighted by Gasteiger charge is -2.32. The molecule has 2 heterocycles. The molecule has 1 fully saturated rings. The van der Waals surface area contributed by atoms with Gasteiger partial charge in [0.2, 0.25) is 5.91 Å². The number of halogens is 4. The first kappa shape index (κ1) is 26.1. The Kier molecular flexibility index (Phi) is 9.02. The van der Waals surface area contributed by atoms with Crippen LogP contribution >= 0.6 is 11.6 Å². The Morgan fingerprint density at radius 1 is 1.21 bits per heavy atom. The molecule has 0 atom stereocenters. The van der Waals surface area contributed by atoms with Gasteiger partial charge in [-0.3, -0.25) is 4.79 Å². The number of nitrogens with one attached hydrogen (secondary N) is 1. The smallest absolute Gasteiger partial charge is 0.417 e. The minimum absolute atomic E-state index is 0.0443. The van der Waals surface area contributed by atoms with E-state index in [2.05, 4.69) is 29.0 Å². The summed E-state index contributed by atoms with van der Waals surface area (Å²) in [6.07, 6.45) is -2.60. The molecule has 10 heteroatoms. The van der Waals surface area contributed by atoms with Crippen molar-refractivity contribution in [1.29, 1.82) is 0 Å². The lowest BCUT2D eigenvalue weighted by molar-refractivity contribution is -0.137. The van der Waals surface area contributed by atoms with E-state index in [-0.39, 0.29) is 16.8 Å². The molecule has 2 aromatic rings. The van der Waals surface area contributed by atoms with Crippen molar-refractivity contribution in [3.63, 3.8) is 0 Å². The summed E-state index contributed by atoms with van der Waals surface area (Å²) in [6.45, 7) is 8.62. The predicted octanol–water partition coefficient (Wildman–Crippen LogP) is 5.33. The van der Waals surface area contributed by atoms with Crippen LogP contribution in [0.15, 0.2) is 36.5 Å². The number of hydrogen-bond acceptors (Lipinski definition) is 5. The first-order valence-electron chi connectivity index (χ1n) is 11.4. The van der Waals surface area contributed by atoms with E-state index in [1.54, 1.807) is 0 Å². The number of alkyl halides is 3. The number of piperidine rings is 1. The van der Waals surface area contributed by atoms with Gasteiger partial charge in [0.1, 0.15) is 18.2 Å². The van der Waals surface area contributed by atoms with Crippen LogP contribution in [0, 0.1) is 5.92 Å². The molecule has 1 aliphatic heterocycles. The molecule has 0 bridgehead atoms. The number of carbonyl (C=O) groups excluding carboxylic acids is 1. The molecule has 0 unspecified atom stereocenters. The third-order valence-electron chi connectivity index (χ3n) is 6.01. The molecule has 0 spiro atoms. The molecule has 0 saturated carbocycles. The van der Waals surface area contributed by atoms with Crippen molar-refractivity contribution in [2.45, 2.75) is 32.9 Å². The summed E-state index contributed by atoms with van der Waals surface area (Å²) >= 11 is 6.05. The van der Waals surface area contributed by atoms with Gasteiger partial charge >= 0.3 is 6.18 Å². The molecule has 186 valence electrons. The van der Waals surface area contributed by atoms with E-state index in [0.29, 0.717) is 44.0 Å². The number of pyridine rings is 1. The summed E-state index contributed by atoms with van der Waals surface area (Å²) in [6, 6.07) is 8.18. The summed E-state index contributed by atoms with van der Waals surface area (Å²) in [5, 5.41) is 2.89. The van der Waals surface area contributed by atoms with Crippen molar-refractivity contribution in [2.24, 2.45) is 5.92 Å². The lowest BCUT2D eigenvalue weighted by Crippen LogP contribution is -2.38. The average Bonchev–Trinajstić information content (AvgIpc) is 2.82. The maximum absolute atomic E-state index is 12.8. The van der Waals surface area contributed by atoms with Crippen LogP contribution in [0.25, 0.3) is 0 Å². The monoisotopic (exact) mass is 498 g/mol. The molecule has 0 aliphatic carbocycles. The first-order valence-corrected chi connectivity index (χ1v) is 11.8. The van der Waals surface area contributed by atoms with E-state index in [9.17, 15) is 18.0 Å². The molecule has 1 saturated heterocycles. The Morgan fingerprint density at radius 2 is 1.85 bits per heavy atom. The van der Waals surface area contributed by atoms with E-state index < -0.39 is 11.7 Å². The fourth-order valence-electron chi connectivity index (χ4n) is 3.88. The van der Waals surface area contributed by atoms with Gasteiger partial charge in [0.25, 0.3) is 0 Å². The number of nitrogens with zero attached hydrogens (tertiary/aromatic N) is 3. The van der Waals surface area contributed by atoms with Crippen LogP contribution in [0.4, 0.5) is 24.7 Å². The maximum atomic E-state index is 12.8. The van der Waals surface area contributed by atoms with Crippen molar-refractivity contribution < 1.29 is 22.7 Å². The normalized spacial score (nSPS) is 15.0. The third-order valence-corrected chi connectivity index (χ3v) is 6.29. The number of benzene rings is 1. The highest BCUT2D eigenvalue weighted by atomic mass is 35.5. The van der Waals surface area contributed by atoms with Gasteiger partial charge in [-0.1, -0.05) is 25.4 Å². The van der Waals surface area contributed by atoms with E-state index in [4.69, 9.17) is 16.3 Å². The maximum Gasteiger partial charge on any atom is 0.417 e. The van der Waals surface area contributed by atoms with Gasteiger partial charge in [0.05, 0.1) is 10.6 Å². The van der Waals surface area contributed by atoms with E-state index in [1.807, 2.05) is 29.2 Å². The summed E-state index contributed by atoms with van der Waals surface area (Å²) < 4.78 is 44.3. The van der Waals surface area contributed by atoms with Crippen LogP contribution in [0.1, 0.15) is 32.3 Å². The lowest BCUT2D eigenvalue weighted by atomic mass is 9.95. The molecule has 1 aromatic heterocycles. The minimum Gasteiger partial charge on any atom is -0.492 e. The molecule has 34 heavy (non-hydrogen) atoms. The molecule has 1 aliphatic rings. The number of hydrogen-bond donors (Lipinski definition) is 1. The molecular weight excluding hydrogens is 469 g/mol. The Hall–Kier alpha value is -2.52.